The fourth-order valence-corrected chi connectivity index (χ4v) is 5.78. The van der Waals surface area contributed by atoms with Gasteiger partial charge in [-0.3, -0.25) is 9.59 Å². The number of halogens is 1. The molecule has 0 saturated carbocycles. The minimum absolute atomic E-state index is 0.192. The Balaban J connectivity index is 1.40. The molecule has 2 aromatic heterocycles. The van der Waals surface area contributed by atoms with Crippen molar-refractivity contribution in [2.75, 3.05) is 5.32 Å². The highest BCUT2D eigenvalue weighted by Crippen LogP contribution is 2.39. The molecule has 1 atom stereocenters. The number of hydrogen-bond acceptors (Lipinski definition) is 7. The SMILES string of the molecule is CC(Sc1nnc(COc2ccccc2Cl)n1C)C(=O)Nc1sc2c(c1C(N)=O)CCC2. The monoisotopic (exact) mass is 491 g/mol. The number of anilines is 1. The average Bonchev–Trinajstić information content (AvgIpc) is 3.43. The Morgan fingerprint density at radius 3 is 2.88 bits per heavy atom. The minimum atomic E-state index is -0.503. The summed E-state index contributed by atoms with van der Waals surface area (Å²) < 4.78 is 7.51. The lowest BCUT2D eigenvalue weighted by Gasteiger charge is -2.12. The number of nitrogens with two attached hydrogens (primary N) is 1. The van der Waals surface area contributed by atoms with Crippen molar-refractivity contribution in [2.24, 2.45) is 12.8 Å². The van der Waals surface area contributed by atoms with Crippen molar-refractivity contribution < 1.29 is 14.3 Å². The number of nitrogens with one attached hydrogen (secondary N) is 1. The molecule has 0 fully saturated rings. The van der Waals surface area contributed by atoms with Crippen molar-refractivity contribution in [3.8, 4) is 5.75 Å². The van der Waals surface area contributed by atoms with Crippen LogP contribution >= 0.6 is 34.7 Å². The van der Waals surface area contributed by atoms with Gasteiger partial charge in [0.1, 0.15) is 17.4 Å². The molecular weight excluding hydrogens is 470 g/mol. The van der Waals surface area contributed by atoms with Crippen molar-refractivity contribution in [2.45, 2.75) is 43.2 Å². The topological polar surface area (TPSA) is 112 Å². The molecule has 32 heavy (non-hydrogen) atoms. The van der Waals surface area contributed by atoms with Crippen LogP contribution in [0, 0.1) is 0 Å². The molecular formula is C21H22ClN5O3S2. The van der Waals surface area contributed by atoms with E-state index in [2.05, 4.69) is 15.5 Å². The number of para-hydroxylation sites is 1. The predicted octanol–water partition coefficient (Wildman–Crippen LogP) is 3.82. The van der Waals surface area contributed by atoms with Crippen molar-refractivity contribution in [1.29, 1.82) is 0 Å². The molecule has 2 heterocycles. The molecule has 11 heteroatoms. The van der Waals surface area contributed by atoms with E-state index in [1.165, 1.54) is 23.1 Å². The lowest BCUT2D eigenvalue weighted by molar-refractivity contribution is -0.115. The Morgan fingerprint density at radius 2 is 2.12 bits per heavy atom. The van der Waals surface area contributed by atoms with Crippen LogP contribution in [0.3, 0.4) is 0 Å². The highest BCUT2D eigenvalue weighted by Gasteiger charge is 2.27. The van der Waals surface area contributed by atoms with Crippen LogP contribution < -0.4 is 15.8 Å². The second kappa shape index (κ2) is 9.51. The van der Waals surface area contributed by atoms with E-state index in [1.807, 2.05) is 19.2 Å². The Labute approximate surface area is 198 Å². The van der Waals surface area contributed by atoms with E-state index in [0.717, 1.165) is 29.7 Å². The second-order valence-electron chi connectivity index (χ2n) is 7.35. The summed E-state index contributed by atoms with van der Waals surface area (Å²) in [6.07, 6.45) is 2.75. The average molecular weight is 492 g/mol. The van der Waals surface area contributed by atoms with Crippen LogP contribution in [0.2, 0.25) is 5.02 Å². The number of nitrogens with zero attached hydrogens (tertiary/aromatic N) is 3. The van der Waals surface area contributed by atoms with Gasteiger partial charge >= 0.3 is 0 Å². The standard InChI is InChI=1S/C21H22ClN5O3S2/c1-11(19(29)24-20-17(18(23)28)12-6-5-9-15(12)32-20)31-21-26-25-16(27(21)2)10-30-14-8-4-3-7-13(14)22/h3-4,7-8,11H,5-6,9-10H2,1-2H3,(H2,23,28)(H,24,29). The van der Waals surface area contributed by atoms with E-state index < -0.39 is 11.2 Å². The summed E-state index contributed by atoms with van der Waals surface area (Å²) >= 11 is 8.83. The minimum Gasteiger partial charge on any atom is -0.484 e. The van der Waals surface area contributed by atoms with Crippen LogP contribution in [0.1, 0.15) is 40.0 Å². The molecule has 0 aliphatic heterocycles. The first-order valence-electron chi connectivity index (χ1n) is 10.0. The number of aromatic nitrogens is 3. The number of aryl methyl sites for hydroxylation is 1. The number of ether oxygens (including phenoxy) is 1. The van der Waals surface area contributed by atoms with Gasteiger partial charge in [-0.2, -0.15) is 0 Å². The number of primary amides is 1. The number of carbonyl (C=O) groups is 2. The van der Waals surface area contributed by atoms with Gasteiger partial charge in [-0.05, 0) is 43.9 Å². The third-order valence-electron chi connectivity index (χ3n) is 5.17. The molecule has 1 aliphatic carbocycles. The van der Waals surface area contributed by atoms with Crippen LogP contribution in [0.15, 0.2) is 29.4 Å². The second-order valence-corrected chi connectivity index (χ2v) is 10.2. The highest BCUT2D eigenvalue weighted by molar-refractivity contribution is 8.00. The van der Waals surface area contributed by atoms with Crippen LogP contribution in [0.5, 0.6) is 5.75 Å². The normalized spacial score (nSPS) is 13.6. The first kappa shape index (κ1) is 22.6. The smallest absolute Gasteiger partial charge is 0.251 e. The largest absolute Gasteiger partial charge is 0.484 e. The zero-order valence-corrected chi connectivity index (χ0v) is 19.9. The summed E-state index contributed by atoms with van der Waals surface area (Å²) in [5.74, 6) is 0.434. The van der Waals surface area contributed by atoms with E-state index in [4.69, 9.17) is 22.1 Å². The summed E-state index contributed by atoms with van der Waals surface area (Å²) in [6, 6.07) is 7.20. The van der Waals surface area contributed by atoms with Gasteiger partial charge in [0.05, 0.1) is 15.8 Å². The van der Waals surface area contributed by atoms with Gasteiger partial charge in [-0.15, -0.1) is 21.5 Å². The predicted molar refractivity (Wildman–Crippen MR) is 126 cm³/mol. The van der Waals surface area contributed by atoms with Gasteiger partial charge in [0.25, 0.3) is 5.91 Å². The Hall–Kier alpha value is -2.56. The number of thioether (sulfide) groups is 1. The third-order valence-corrected chi connectivity index (χ3v) is 7.83. The van der Waals surface area contributed by atoms with Gasteiger partial charge in [-0.1, -0.05) is 35.5 Å². The number of fused-ring (bicyclic) bond motifs is 1. The van der Waals surface area contributed by atoms with Gasteiger partial charge in [0, 0.05) is 11.9 Å². The number of benzene rings is 1. The fourth-order valence-electron chi connectivity index (χ4n) is 3.46. The summed E-state index contributed by atoms with van der Waals surface area (Å²) in [4.78, 5) is 25.9. The highest BCUT2D eigenvalue weighted by atomic mass is 35.5. The Morgan fingerprint density at radius 1 is 1.34 bits per heavy atom. The van der Waals surface area contributed by atoms with Gasteiger partial charge < -0.3 is 20.4 Å². The molecule has 1 aromatic carbocycles. The Kier molecular flexibility index (Phi) is 6.73. The maximum absolute atomic E-state index is 12.8. The number of carbonyl (C=O) groups excluding carboxylic acids is 2. The zero-order chi connectivity index (χ0) is 22.8. The summed E-state index contributed by atoms with van der Waals surface area (Å²) in [6.45, 7) is 1.97. The summed E-state index contributed by atoms with van der Waals surface area (Å²) in [7, 11) is 1.81. The quantitative estimate of drug-likeness (QED) is 0.463. The molecule has 1 unspecified atom stereocenters. The van der Waals surface area contributed by atoms with Crippen molar-refractivity contribution in [3.63, 3.8) is 0 Å². The van der Waals surface area contributed by atoms with Crippen LogP contribution in [0.4, 0.5) is 5.00 Å². The number of rotatable bonds is 8. The number of amides is 2. The van der Waals surface area contributed by atoms with Crippen LogP contribution in [-0.2, 0) is 31.3 Å². The van der Waals surface area contributed by atoms with Crippen molar-refractivity contribution in [1.82, 2.24) is 14.8 Å². The van der Waals surface area contributed by atoms with Gasteiger partial charge in [0.15, 0.2) is 11.0 Å². The molecule has 1 aliphatic rings. The molecule has 168 valence electrons. The molecule has 0 radical (unpaired) electrons. The van der Waals surface area contributed by atoms with Crippen LogP contribution in [0.25, 0.3) is 0 Å². The van der Waals surface area contributed by atoms with E-state index in [1.54, 1.807) is 23.6 Å². The maximum atomic E-state index is 12.8. The summed E-state index contributed by atoms with van der Waals surface area (Å²) in [5.41, 5.74) is 7.01. The zero-order valence-electron chi connectivity index (χ0n) is 17.6. The number of hydrogen-bond donors (Lipinski definition) is 2. The van der Waals surface area contributed by atoms with E-state index in [0.29, 0.717) is 32.3 Å². The lowest BCUT2D eigenvalue weighted by atomic mass is 10.1. The third kappa shape index (κ3) is 4.62. The lowest BCUT2D eigenvalue weighted by Crippen LogP contribution is -2.24. The first-order valence-corrected chi connectivity index (χ1v) is 12.1. The van der Waals surface area contributed by atoms with Crippen LogP contribution in [-0.4, -0.2) is 31.8 Å². The number of thiophene rings is 1. The summed E-state index contributed by atoms with van der Waals surface area (Å²) in [5, 5.41) is 12.4. The molecule has 3 N–H and O–H groups in total. The molecule has 2 amide bonds. The molecule has 0 bridgehead atoms. The molecule has 0 spiro atoms. The molecule has 4 rings (SSSR count). The maximum Gasteiger partial charge on any atom is 0.251 e. The van der Waals surface area contributed by atoms with Crippen molar-refractivity contribution in [3.05, 3.63) is 51.1 Å². The van der Waals surface area contributed by atoms with E-state index >= 15 is 0 Å². The van der Waals surface area contributed by atoms with E-state index in [-0.39, 0.29) is 12.5 Å². The fraction of sp³-hybridized carbons (Fsp3) is 0.333. The van der Waals surface area contributed by atoms with Crippen molar-refractivity contribution >= 4 is 51.5 Å². The Bertz CT molecular complexity index is 1180. The first-order chi connectivity index (χ1) is 15.3. The van der Waals surface area contributed by atoms with Gasteiger partial charge in [-0.25, -0.2) is 0 Å². The van der Waals surface area contributed by atoms with Gasteiger partial charge in [0.2, 0.25) is 5.91 Å². The molecule has 0 saturated heterocycles. The molecule has 8 nitrogen and oxygen atoms in total. The molecule has 3 aromatic rings. The van der Waals surface area contributed by atoms with E-state index in [9.17, 15) is 9.59 Å².